The molecule has 4 amide bonds. The van der Waals surface area contributed by atoms with E-state index in [0.29, 0.717) is 22.6 Å². The number of aliphatic hydroxyl groups is 1. The molecular weight excluding hydrogens is 518 g/mol. The monoisotopic (exact) mass is 564 g/mol. The molecule has 5 atom stereocenters. The van der Waals surface area contributed by atoms with Crippen molar-refractivity contribution in [1.82, 2.24) is 9.80 Å². The first-order valence-electron chi connectivity index (χ1n) is 13.3. The summed E-state index contributed by atoms with van der Waals surface area (Å²) >= 11 is 0. The van der Waals surface area contributed by atoms with E-state index in [0.717, 1.165) is 33.1 Å². The molecule has 0 heterocycles. The van der Waals surface area contributed by atoms with Crippen LogP contribution in [0.4, 0.5) is 8.78 Å². The van der Waals surface area contributed by atoms with Gasteiger partial charge in [-0.25, -0.2) is 8.78 Å². The number of carbonyl (C=O) groups excluding carboxylic acids is 4. The molecule has 0 aromatic carbocycles. The van der Waals surface area contributed by atoms with Crippen LogP contribution in [0.25, 0.3) is 0 Å². The molecule has 1 fully saturated rings. The average Bonchev–Trinajstić information content (AvgIpc) is 2.85. The largest absolute Gasteiger partial charge is 0.385 e. The second kappa shape index (κ2) is 15.7. The van der Waals surface area contributed by atoms with Crippen LogP contribution in [0.2, 0.25) is 0 Å². The van der Waals surface area contributed by atoms with Gasteiger partial charge in [0.2, 0.25) is 23.6 Å². The molecular formula is C26H46F2N4O7. The number of carbonyl (C=O) groups is 4. The zero-order valence-electron chi connectivity index (χ0n) is 23.9. The summed E-state index contributed by atoms with van der Waals surface area (Å²) in [7, 11) is 2.56. The fraction of sp³-hybridized carbons (Fsp3) is 0.846. The van der Waals surface area contributed by atoms with Crippen molar-refractivity contribution in [3.63, 3.8) is 0 Å². The molecule has 0 radical (unpaired) electrons. The zero-order valence-corrected chi connectivity index (χ0v) is 23.9. The van der Waals surface area contributed by atoms with Gasteiger partial charge >= 0.3 is 0 Å². The van der Waals surface area contributed by atoms with Crippen LogP contribution in [-0.2, 0) is 28.7 Å². The first-order chi connectivity index (χ1) is 18.1. The summed E-state index contributed by atoms with van der Waals surface area (Å²) < 4.78 is 42.6. The number of methoxy groups -OCH3 is 2. The van der Waals surface area contributed by atoms with Crippen LogP contribution < -0.4 is 11.5 Å². The van der Waals surface area contributed by atoms with Crippen LogP contribution >= 0.6 is 0 Å². The maximum absolute atomic E-state index is 16.4. The number of amides is 4. The van der Waals surface area contributed by atoms with E-state index in [4.69, 9.17) is 20.9 Å². The lowest BCUT2D eigenvalue weighted by Crippen LogP contribution is -2.67. The summed E-state index contributed by atoms with van der Waals surface area (Å²) in [6, 6.07) is -6.55. The van der Waals surface area contributed by atoms with Gasteiger partial charge in [0.05, 0.1) is 19.3 Å². The molecule has 0 bridgehead atoms. The third kappa shape index (κ3) is 8.97. The molecule has 1 saturated carbocycles. The minimum absolute atomic E-state index is 0.0935. The maximum atomic E-state index is 16.4. The van der Waals surface area contributed by atoms with Gasteiger partial charge in [-0.1, -0.05) is 46.0 Å². The summed E-state index contributed by atoms with van der Waals surface area (Å²) in [4.78, 5) is 52.4. The van der Waals surface area contributed by atoms with Crippen molar-refractivity contribution >= 4 is 23.6 Å². The molecule has 5 N–H and O–H groups in total. The highest BCUT2D eigenvalue weighted by Gasteiger charge is 2.57. The van der Waals surface area contributed by atoms with Crippen molar-refractivity contribution in [2.75, 3.05) is 27.4 Å². The minimum Gasteiger partial charge on any atom is -0.385 e. The van der Waals surface area contributed by atoms with Gasteiger partial charge in [0.1, 0.15) is 24.2 Å². The number of alkyl halides is 2. The Balaban J connectivity index is 3.64. The third-order valence-electron chi connectivity index (χ3n) is 7.17. The highest BCUT2D eigenvalue weighted by atomic mass is 19.3. The Hall–Kier alpha value is -2.06. The number of imide groups is 2. The molecule has 1 aliphatic carbocycles. The van der Waals surface area contributed by atoms with E-state index < -0.39 is 65.7 Å². The zero-order chi connectivity index (χ0) is 30.1. The Kier molecular flexibility index (Phi) is 14.0. The van der Waals surface area contributed by atoms with Crippen molar-refractivity contribution < 1.29 is 42.5 Å². The van der Waals surface area contributed by atoms with Gasteiger partial charge in [-0.3, -0.25) is 29.0 Å². The van der Waals surface area contributed by atoms with Crippen molar-refractivity contribution in [1.29, 1.82) is 0 Å². The molecule has 13 heteroatoms. The smallest absolute Gasteiger partial charge is 0.296 e. The van der Waals surface area contributed by atoms with E-state index in [1.165, 1.54) is 28.1 Å². The summed E-state index contributed by atoms with van der Waals surface area (Å²) in [5, 5.41) is 11.3. The van der Waals surface area contributed by atoms with Crippen molar-refractivity contribution in [2.24, 2.45) is 23.3 Å². The van der Waals surface area contributed by atoms with Gasteiger partial charge in [0.25, 0.3) is 5.92 Å². The number of ether oxygens (including phenoxy) is 2. The van der Waals surface area contributed by atoms with Gasteiger partial charge in [0.15, 0.2) is 0 Å². The Bertz CT molecular complexity index is 839. The van der Waals surface area contributed by atoms with Crippen molar-refractivity contribution in [3.8, 4) is 0 Å². The van der Waals surface area contributed by atoms with Gasteiger partial charge in [-0.15, -0.1) is 0 Å². The second-order valence-corrected chi connectivity index (χ2v) is 10.7. The first kappa shape index (κ1) is 35.0. The van der Waals surface area contributed by atoms with E-state index in [1.807, 2.05) is 0 Å². The van der Waals surface area contributed by atoms with E-state index >= 15 is 8.78 Å². The molecule has 1 aliphatic rings. The molecule has 0 aromatic heterocycles. The van der Waals surface area contributed by atoms with Gasteiger partial charge < -0.3 is 26.0 Å². The molecule has 39 heavy (non-hydrogen) atoms. The van der Waals surface area contributed by atoms with Crippen molar-refractivity contribution in [3.05, 3.63) is 0 Å². The Morgan fingerprint density at radius 2 is 1.33 bits per heavy atom. The number of halogens is 2. The van der Waals surface area contributed by atoms with Gasteiger partial charge in [-0.05, 0) is 18.3 Å². The summed E-state index contributed by atoms with van der Waals surface area (Å²) in [5.41, 5.74) is 11.7. The number of aliphatic hydroxyl groups excluding tert-OH is 1. The number of hydrogen-bond donors (Lipinski definition) is 3. The van der Waals surface area contributed by atoms with Crippen LogP contribution in [0.15, 0.2) is 0 Å². The standard InChI is InChI=1S/C26H46F2N4O7/c1-15(2)22(32(17(4)34)25(37)20(30)14-39-6)26(27,28)23(35)21(12-18-10-8-7-9-11-18)31(16(3)33)24(36)19(29)13-38-5/h15,18-23,35H,7-14,29-30H2,1-6H3/t19-,20-,21?,22?,23?/m0/s1. The van der Waals surface area contributed by atoms with Crippen LogP contribution in [-0.4, -0.2) is 102 Å². The average molecular weight is 565 g/mol. The topological polar surface area (TPSA) is 165 Å². The SMILES string of the molecule is COC[C@H](N)C(=O)N(C(C)=O)C(CC1CCCCC1)C(O)C(F)(F)C(C(C)C)N(C(C)=O)C(=O)[C@@H](N)COC. The normalized spacial score (nSPS) is 18.7. The number of hydrogen-bond acceptors (Lipinski definition) is 9. The Morgan fingerprint density at radius 3 is 1.72 bits per heavy atom. The molecule has 1 rings (SSSR count). The van der Waals surface area contributed by atoms with Crippen LogP contribution in [0, 0.1) is 11.8 Å². The summed E-state index contributed by atoms with van der Waals surface area (Å²) in [6.07, 6.45) is 1.30. The number of rotatable bonds is 14. The van der Waals surface area contributed by atoms with E-state index in [9.17, 15) is 24.3 Å². The fourth-order valence-electron chi connectivity index (χ4n) is 5.39. The predicted molar refractivity (Wildman–Crippen MR) is 139 cm³/mol. The van der Waals surface area contributed by atoms with E-state index in [1.54, 1.807) is 0 Å². The maximum Gasteiger partial charge on any atom is 0.296 e. The van der Waals surface area contributed by atoms with E-state index in [-0.39, 0.29) is 25.6 Å². The third-order valence-corrected chi connectivity index (χ3v) is 7.17. The second-order valence-electron chi connectivity index (χ2n) is 10.7. The molecule has 11 nitrogen and oxygen atoms in total. The molecule has 0 aromatic rings. The van der Waals surface area contributed by atoms with Crippen molar-refractivity contribution in [2.45, 2.75) is 102 Å². The number of nitrogens with zero attached hydrogens (tertiary/aromatic N) is 2. The number of nitrogens with two attached hydrogens (primary N) is 2. The lowest BCUT2D eigenvalue weighted by atomic mass is 9.80. The van der Waals surface area contributed by atoms with Crippen LogP contribution in [0.5, 0.6) is 0 Å². The highest BCUT2D eigenvalue weighted by molar-refractivity contribution is 5.98. The quantitative estimate of drug-likeness (QED) is 0.279. The Morgan fingerprint density at radius 1 is 0.897 bits per heavy atom. The lowest BCUT2D eigenvalue weighted by molar-refractivity contribution is -0.199. The molecule has 0 saturated heterocycles. The minimum atomic E-state index is -4.15. The van der Waals surface area contributed by atoms with Gasteiger partial charge in [-0.2, -0.15) is 0 Å². The summed E-state index contributed by atoms with van der Waals surface area (Å²) in [5.74, 6) is -9.26. The predicted octanol–water partition coefficient (Wildman–Crippen LogP) is 1.04. The Labute approximate surface area is 229 Å². The molecule has 3 unspecified atom stereocenters. The first-order valence-corrected chi connectivity index (χ1v) is 13.3. The molecule has 0 aliphatic heterocycles. The van der Waals surface area contributed by atoms with Gasteiger partial charge in [0, 0.05) is 28.1 Å². The fourth-order valence-corrected chi connectivity index (χ4v) is 5.39. The van der Waals surface area contributed by atoms with Crippen LogP contribution in [0.1, 0.15) is 66.2 Å². The van der Waals surface area contributed by atoms with E-state index in [2.05, 4.69) is 0 Å². The molecule has 0 spiro atoms. The lowest BCUT2D eigenvalue weighted by Gasteiger charge is -2.44. The summed E-state index contributed by atoms with van der Waals surface area (Å²) in [6.45, 7) is 4.12. The van der Waals surface area contributed by atoms with Crippen LogP contribution in [0.3, 0.4) is 0 Å². The highest BCUT2D eigenvalue weighted by Crippen LogP contribution is 2.38. The molecule has 226 valence electrons.